The number of rotatable bonds is 2. The lowest BCUT2D eigenvalue weighted by Gasteiger charge is -2.06. The van der Waals surface area contributed by atoms with Crippen LogP contribution in [0.2, 0.25) is 0 Å². The summed E-state index contributed by atoms with van der Waals surface area (Å²) in [6.45, 7) is 3.50. The number of nitrogens with two attached hydrogens (primary N) is 1. The van der Waals surface area contributed by atoms with E-state index in [1.165, 1.54) is 6.21 Å². The molecule has 5 nitrogen and oxygen atoms in total. The standard InChI is InChI=1S/C8H12N4O/c1-5-7(3-10-9)8(4-13)6(2)12-11-5/h3,13H,4,9H2,1-2H3/b10-3+. The Kier molecular flexibility index (Phi) is 2.92. The van der Waals surface area contributed by atoms with Crippen LogP contribution >= 0.6 is 0 Å². The normalized spacial score (nSPS) is 11.0. The highest BCUT2D eigenvalue weighted by molar-refractivity contribution is 5.82. The van der Waals surface area contributed by atoms with Crippen molar-refractivity contribution in [1.82, 2.24) is 10.2 Å². The van der Waals surface area contributed by atoms with Gasteiger partial charge >= 0.3 is 0 Å². The van der Waals surface area contributed by atoms with Crippen molar-refractivity contribution in [2.75, 3.05) is 0 Å². The fourth-order valence-electron chi connectivity index (χ4n) is 1.12. The number of hydrazone groups is 1. The first-order valence-corrected chi connectivity index (χ1v) is 3.87. The van der Waals surface area contributed by atoms with E-state index in [0.29, 0.717) is 11.4 Å². The van der Waals surface area contributed by atoms with Gasteiger partial charge in [0.25, 0.3) is 0 Å². The second-order valence-corrected chi connectivity index (χ2v) is 2.70. The third-order valence-corrected chi connectivity index (χ3v) is 1.86. The fourth-order valence-corrected chi connectivity index (χ4v) is 1.12. The molecular weight excluding hydrogens is 168 g/mol. The maximum Gasteiger partial charge on any atom is 0.0707 e. The molecule has 1 rings (SSSR count). The molecule has 70 valence electrons. The van der Waals surface area contributed by atoms with Gasteiger partial charge in [0.2, 0.25) is 0 Å². The van der Waals surface area contributed by atoms with Crippen LogP contribution in [0.15, 0.2) is 5.10 Å². The van der Waals surface area contributed by atoms with Crippen molar-refractivity contribution in [3.8, 4) is 0 Å². The Hall–Kier alpha value is -1.49. The summed E-state index contributed by atoms with van der Waals surface area (Å²) in [5.41, 5.74) is 2.88. The van der Waals surface area contributed by atoms with E-state index in [2.05, 4.69) is 15.3 Å². The molecule has 0 bridgehead atoms. The second kappa shape index (κ2) is 3.95. The van der Waals surface area contributed by atoms with Gasteiger partial charge in [-0.1, -0.05) is 0 Å². The summed E-state index contributed by atoms with van der Waals surface area (Å²) in [6, 6.07) is 0. The maximum absolute atomic E-state index is 9.08. The fraction of sp³-hybridized carbons (Fsp3) is 0.375. The zero-order valence-corrected chi connectivity index (χ0v) is 7.65. The summed E-state index contributed by atoms with van der Waals surface area (Å²) in [5, 5.41) is 20.3. The van der Waals surface area contributed by atoms with Crippen LogP contribution in [-0.4, -0.2) is 21.5 Å². The van der Waals surface area contributed by atoms with Crippen molar-refractivity contribution in [1.29, 1.82) is 0 Å². The smallest absolute Gasteiger partial charge is 0.0707 e. The van der Waals surface area contributed by atoms with E-state index in [1.807, 2.05) is 0 Å². The van der Waals surface area contributed by atoms with E-state index in [1.54, 1.807) is 13.8 Å². The first kappa shape index (κ1) is 9.60. The van der Waals surface area contributed by atoms with Crippen LogP contribution in [0.1, 0.15) is 22.5 Å². The quantitative estimate of drug-likeness (QED) is 0.377. The molecule has 0 atom stereocenters. The Morgan fingerprint density at radius 1 is 1.38 bits per heavy atom. The summed E-state index contributed by atoms with van der Waals surface area (Å²) in [4.78, 5) is 0. The first-order chi connectivity index (χ1) is 6.20. The van der Waals surface area contributed by atoms with Gasteiger partial charge < -0.3 is 10.9 Å². The molecule has 0 radical (unpaired) electrons. The lowest BCUT2D eigenvalue weighted by atomic mass is 10.1. The zero-order chi connectivity index (χ0) is 9.84. The Bertz CT molecular complexity index is 335. The monoisotopic (exact) mass is 180 g/mol. The van der Waals surface area contributed by atoms with Crippen LogP contribution < -0.4 is 5.84 Å². The molecule has 0 aromatic carbocycles. The van der Waals surface area contributed by atoms with E-state index in [4.69, 9.17) is 10.9 Å². The van der Waals surface area contributed by atoms with Crippen LogP contribution in [0.5, 0.6) is 0 Å². The third-order valence-electron chi connectivity index (χ3n) is 1.86. The number of aliphatic hydroxyl groups excluding tert-OH is 1. The van der Waals surface area contributed by atoms with Crippen LogP contribution in [-0.2, 0) is 6.61 Å². The van der Waals surface area contributed by atoms with Gasteiger partial charge in [0.1, 0.15) is 0 Å². The van der Waals surface area contributed by atoms with Gasteiger partial charge in [0, 0.05) is 11.1 Å². The van der Waals surface area contributed by atoms with E-state index in [9.17, 15) is 0 Å². The largest absolute Gasteiger partial charge is 0.392 e. The van der Waals surface area contributed by atoms with Crippen LogP contribution in [0.3, 0.4) is 0 Å². The van der Waals surface area contributed by atoms with Crippen LogP contribution in [0.4, 0.5) is 0 Å². The predicted molar refractivity (Wildman–Crippen MR) is 49.2 cm³/mol. The molecule has 5 heteroatoms. The van der Waals surface area contributed by atoms with Crippen molar-refractivity contribution in [3.05, 3.63) is 22.5 Å². The highest BCUT2D eigenvalue weighted by Crippen LogP contribution is 2.11. The highest BCUT2D eigenvalue weighted by atomic mass is 16.3. The molecule has 0 fully saturated rings. The summed E-state index contributed by atoms with van der Waals surface area (Å²) in [5.74, 6) is 5.04. The molecule has 3 N–H and O–H groups in total. The maximum atomic E-state index is 9.08. The summed E-state index contributed by atoms with van der Waals surface area (Å²) in [6.07, 6.45) is 1.47. The van der Waals surface area contributed by atoms with E-state index in [-0.39, 0.29) is 6.61 Å². The summed E-state index contributed by atoms with van der Waals surface area (Å²) in [7, 11) is 0. The van der Waals surface area contributed by atoms with Crippen LogP contribution in [0, 0.1) is 13.8 Å². The molecule has 0 amide bonds. The van der Waals surface area contributed by atoms with Gasteiger partial charge in [-0.05, 0) is 13.8 Å². The topological polar surface area (TPSA) is 84.4 Å². The molecule has 0 aliphatic carbocycles. The molecule has 0 saturated carbocycles. The molecule has 13 heavy (non-hydrogen) atoms. The molecule has 0 spiro atoms. The van der Waals surface area contributed by atoms with Crippen molar-refractivity contribution >= 4 is 6.21 Å². The summed E-state index contributed by atoms with van der Waals surface area (Å²) >= 11 is 0. The van der Waals surface area contributed by atoms with E-state index < -0.39 is 0 Å². The van der Waals surface area contributed by atoms with Gasteiger partial charge in [0.15, 0.2) is 0 Å². The van der Waals surface area contributed by atoms with Crippen molar-refractivity contribution < 1.29 is 5.11 Å². The summed E-state index contributed by atoms with van der Waals surface area (Å²) < 4.78 is 0. The number of aliphatic hydroxyl groups is 1. The molecule has 0 aliphatic rings. The average molecular weight is 180 g/mol. The van der Waals surface area contributed by atoms with Gasteiger partial charge in [0.05, 0.1) is 24.2 Å². The minimum atomic E-state index is -0.0798. The van der Waals surface area contributed by atoms with Gasteiger partial charge in [-0.2, -0.15) is 15.3 Å². The zero-order valence-electron chi connectivity index (χ0n) is 7.65. The number of hydrogen-bond donors (Lipinski definition) is 2. The molecule has 0 unspecified atom stereocenters. The van der Waals surface area contributed by atoms with E-state index in [0.717, 1.165) is 11.1 Å². The van der Waals surface area contributed by atoms with Gasteiger partial charge in [-0.25, -0.2) is 0 Å². The number of aryl methyl sites for hydroxylation is 2. The highest BCUT2D eigenvalue weighted by Gasteiger charge is 2.08. The minimum absolute atomic E-state index is 0.0798. The minimum Gasteiger partial charge on any atom is -0.392 e. The predicted octanol–water partition coefficient (Wildman–Crippen LogP) is -0.122. The van der Waals surface area contributed by atoms with Gasteiger partial charge in [-0.15, -0.1) is 0 Å². The average Bonchev–Trinajstić information content (AvgIpc) is 2.12. The van der Waals surface area contributed by atoms with E-state index >= 15 is 0 Å². The molecule has 1 heterocycles. The van der Waals surface area contributed by atoms with Crippen molar-refractivity contribution in [2.45, 2.75) is 20.5 Å². The Morgan fingerprint density at radius 2 is 2.00 bits per heavy atom. The first-order valence-electron chi connectivity index (χ1n) is 3.87. The molecule has 1 aromatic heterocycles. The molecule has 0 aliphatic heterocycles. The second-order valence-electron chi connectivity index (χ2n) is 2.70. The molecular formula is C8H12N4O. The lowest BCUT2D eigenvalue weighted by molar-refractivity contribution is 0.280. The molecule has 1 aromatic rings. The van der Waals surface area contributed by atoms with Crippen molar-refractivity contribution in [3.63, 3.8) is 0 Å². The lowest BCUT2D eigenvalue weighted by Crippen LogP contribution is -2.06. The molecule has 0 saturated heterocycles. The van der Waals surface area contributed by atoms with Crippen molar-refractivity contribution in [2.24, 2.45) is 10.9 Å². The van der Waals surface area contributed by atoms with Crippen LogP contribution in [0.25, 0.3) is 0 Å². The Labute approximate surface area is 76.3 Å². The Morgan fingerprint density at radius 3 is 2.54 bits per heavy atom. The number of aromatic nitrogens is 2. The Balaban J connectivity index is 3.34. The number of nitrogens with zero attached hydrogens (tertiary/aromatic N) is 3. The third kappa shape index (κ3) is 1.81. The SMILES string of the molecule is Cc1nnc(C)c(CO)c1/C=N/N. The number of hydrogen-bond acceptors (Lipinski definition) is 5. The van der Waals surface area contributed by atoms with Gasteiger partial charge in [-0.3, -0.25) is 0 Å².